The highest BCUT2D eigenvalue weighted by molar-refractivity contribution is 7.98. The number of alkyl halides is 6. The lowest BCUT2D eigenvalue weighted by atomic mass is 10.2. The van der Waals surface area contributed by atoms with Gasteiger partial charge in [-0.25, -0.2) is 0 Å². The predicted molar refractivity (Wildman–Crippen MR) is 59.5 cm³/mol. The van der Waals surface area contributed by atoms with Gasteiger partial charge in [0.15, 0.2) is 0 Å². The molecule has 1 aromatic rings. The third-order valence-corrected chi connectivity index (χ3v) is 2.94. The number of thioether (sulfide) groups is 1. The molecule has 9 heteroatoms. The maximum absolute atomic E-state index is 12.4. The predicted octanol–water partition coefficient (Wildman–Crippen LogP) is 4.15. The van der Waals surface area contributed by atoms with Crippen LogP contribution in [0.25, 0.3) is 0 Å². The monoisotopic (exact) mass is 315 g/mol. The highest BCUT2D eigenvalue weighted by Crippen LogP contribution is 2.38. The minimum absolute atomic E-state index is 0.230. The largest absolute Gasteiger partial charge is 0.470 e. The zero-order chi connectivity index (χ0) is 15.6. The molecule has 0 fully saturated rings. The molecule has 2 nitrogen and oxygen atoms in total. The summed E-state index contributed by atoms with van der Waals surface area (Å²) in [6.45, 7) is 0. The zero-order valence-corrected chi connectivity index (χ0v) is 10.7. The first-order valence-electron chi connectivity index (χ1n) is 4.98. The number of hydrogen-bond acceptors (Lipinski definition) is 3. The fourth-order valence-electron chi connectivity index (χ4n) is 1.34. The maximum atomic E-state index is 12.4. The molecule has 1 aromatic carbocycles. The highest BCUT2D eigenvalue weighted by atomic mass is 32.2. The second-order valence-corrected chi connectivity index (χ2v) is 4.37. The van der Waals surface area contributed by atoms with Crippen molar-refractivity contribution in [1.82, 2.24) is 0 Å². The lowest BCUT2D eigenvalue weighted by molar-refractivity contribution is -0.299. The van der Waals surface area contributed by atoms with Crippen LogP contribution < -0.4 is 4.74 Å². The summed E-state index contributed by atoms with van der Waals surface area (Å²) < 4.78 is 78.3. The second-order valence-electron chi connectivity index (χ2n) is 3.53. The Kier molecular flexibility index (Phi) is 4.81. The van der Waals surface area contributed by atoms with E-state index in [1.165, 1.54) is 18.4 Å². The van der Waals surface area contributed by atoms with Gasteiger partial charge in [-0.2, -0.15) is 31.6 Å². The topological polar surface area (TPSA) is 33.0 Å². The van der Waals surface area contributed by atoms with Crippen molar-refractivity contribution in [1.29, 1.82) is 5.26 Å². The van der Waals surface area contributed by atoms with Crippen molar-refractivity contribution in [3.63, 3.8) is 0 Å². The Labute approximate surface area is 114 Å². The molecule has 0 saturated carbocycles. The molecule has 0 heterocycles. The van der Waals surface area contributed by atoms with Crippen LogP contribution in [0, 0.1) is 11.3 Å². The van der Waals surface area contributed by atoms with Crippen LogP contribution in [-0.4, -0.2) is 24.7 Å². The summed E-state index contributed by atoms with van der Waals surface area (Å²) in [5, 5.41) is 8.84. The molecule has 0 aliphatic carbocycles. The standard InChI is InChI=1S/C11H7F6NOS/c1-20-8-4-2-3-7(6(8)5-18)19-9(10(12,13)14)11(15,16)17/h2-4,9H,1H3. The molecular formula is C11H7F6NOS. The summed E-state index contributed by atoms with van der Waals surface area (Å²) in [7, 11) is 0. The van der Waals surface area contributed by atoms with Gasteiger partial charge in [-0.1, -0.05) is 6.07 Å². The van der Waals surface area contributed by atoms with E-state index in [2.05, 4.69) is 4.74 Å². The van der Waals surface area contributed by atoms with Crippen molar-refractivity contribution >= 4 is 11.8 Å². The van der Waals surface area contributed by atoms with Gasteiger partial charge in [0, 0.05) is 4.90 Å². The lowest BCUT2D eigenvalue weighted by Crippen LogP contribution is -2.46. The first-order chi connectivity index (χ1) is 9.11. The quantitative estimate of drug-likeness (QED) is 0.620. The van der Waals surface area contributed by atoms with Crippen molar-refractivity contribution < 1.29 is 31.1 Å². The van der Waals surface area contributed by atoms with E-state index in [-0.39, 0.29) is 10.5 Å². The van der Waals surface area contributed by atoms with Gasteiger partial charge in [-0.05, 0) is 18.4 Å². The number of nitriles is 1. The Balaban J connectivity index is 3.23. The van der Waals surface area contributed by atoms with Gasteiger partial charge in [-0.3, -0.25) is 0 Å². The summed E-state index contributed by atoms with van der Waals surface area (Å²) in [5.41, 5.74) is -0.363. The molecule has 0 bridgehead atoms. The van der Waals surface area contributed by atoms with Gasteiger partial charge in [0.2, 0.25) is 0 Å². The van der Waals surface area contributed by atoms with Gasteiger partial charge in [0.1, 0.15) is 17.4 Å². The van der Waals surface area contributed by atoms with Crippen molar-refractivity contribution in [2.75, 3.05) is 6.26 Å². The Morgan fingerprint density at radius 3 is 2.10 bits per heavy atom. The number of ether oxygens (including phenoxy) is 1. The van der Waals surface area contributed by atoms with E-state index < -0.39 is 24.2 Å². The third kappa shape index (κ3) is 3.72. The molecule has 0 saturated heterocycles. The number of halogens is 6. The minimum Gasteiger partial charge on any atom is -0.470 e. The van der Waals surface area contributed by atoms with E-state index in [0.29, 0.717) is 0 Å². The molecule has 0 aliphatic rings. The number of nitrogens with zero attached hydrogens (tertiary/aromatic N) is 1. The maximum Gasteiger partial charge on any atom is 0.434 e. The van der Waals surface area contributed by atoms with Crippen LogP contribution in [0.3, 0.4) is 0 Å². The number of rotatable bonds is 3. The summed E-state index contributed by atoms with van der Waals surface area (Å²) in [4.78, 5) is 0.230. The van der Waals surface area contributed by atoms with Gasteiger partial charge >= 0.3 is 12.4 Å². The third-order valence-electron chi connectivity index (χ3n) is 2.16. The molecule has 0 amide bonds. The van der Waals surface area contributed by atoms with Crippen molar-refractivity contribution in [3.05, 3.63) is 23.8 Å². The van der Waals surface area contributed by atoms with E-state index in [0.717, 1.165) is 17.8 Å². The van der Waals surface area contributed by atoms with Crippen LogP contribution in [0.5, 0.6) is 5.75 Å². The molecule has 0 radical (unpaired) electrons. The molecule has 1 rings (SSSR count). The van der Waals surface area contributed by atoms with Crippen LogP contribution >= 0.6 is 11.8 Å². The Morgan fingerprint density at radius 2 is 1.70 bits per heavy atom. The summed E-state index contributed by atoms with van der Waals surface area (Å²) in [6.07, 6.45) is -13.7. The molecule has 0 spiro atoms. The van der Waals surface area contributed by atoms with E-state index in [1.54, 1.807) is 6.07 Å². The average molecular weight is 315 g/mol. The van der Waals surface area contributed by atoms with Gasteiger partial charge in [-0.15, -0.1) is 11.8 Å². The minimum atomic E-state index is -5.62. The molecule has 0 aliphatic heterocycles. The average Bonchev–Trinajstić information content (AvgIpc) is 2.32. The normalized spacial score (nSPS) is 12.3. The summed E-state index contributed by atoms with van der Waals surface area (Å²) in [6, 6.07) is 5.04. The Hall–Kier alpha value is -1.56. The van der Waals surface area contributed by atoms with Gasteiger partial charge < -0.3 is 4.74 Å². The summed E-state index contributed by atoms with van der Waals surface area (Å²) >= 11 is 1.01. The van der Waals surface area contributed by atoms with E-state index >= 15 is 0 Å². The van der Waals surface area contributed by atoms with Crippen molar-refractivity contribution in [2.24, 2.45) is 0 Å². The SMILES string of the molecule is CSc1cccc(OC(C(F)(F)F)C(F)(F)F)c1C#N. The summed E-state index contributed by atoms with van der Waals surface area (Å²) in [5.74, 6) is -0.751. The highest BCUT2D eigenvalue weighted by Gasteiger charge is 2.59. The van der Waals surface area contributed by atoms with Crippen LogP contribution in [-0.2, 0) is 0 Å². The smallest absolute Gasteiger partial charge is 0.434 e. The molecule has 0 aromatic heterocycles. The van der Waals surface area contributed by atoms with E-state index in [9.17, 15) is 26.3 Å². The van der Waals surface area contributed by atoms with E-state index in [4.69, 9.17) is 5.26 Å². The molecule has 0 atom stereocenters. The molecule has 0 N–H and O–H groups in total. The lowest BCUT2D eigenvalue weighted by Gasteiger charge is -2.24. The van der Waals surface area contributed by atoms with Crippen LogP contribution in [0.4, 0.5) is 26.3 Å². The number of benzene rings is 1. The van der Waals surface area contributed by atoms with Crippen molar-refractivity contribution in [2.45, 2.75) is 23.4 Å². The molecule has 20 heavy (non-hydrogen) atoms. The van der Waals surface area contributed by atoms with E-state index in [1.807, 2.05) is 0 Å². The Morgan fingerprint density at radius 1 is 1.15 bits per heavy atom. The fraction of sp³-hybridized carbons (Fsp3) is 0.364. The number of hydrogen-bond donors (Lipinski definition) is 0. The van der Waals surface area contributed by atoms with Crippen molar-refractivity contribution in [3.8, 4) is 11.8 Å². The molecule has 110 valence electrons. The second kappa shape index (κ2) is 5.83. The van der Waals surface area contributed by atoms with Crippen LogP contribution in [0.2, 0.25) is 0 Å². The first kappa shape index (κ1) is 16.5. The molecular weight excluding hydrogens is 308 g/mol. The van der Waals surface area contributed by atoms with Gasteiger partial charge in [0.25, 0.3) is 6.10 Å². The first-order valence-corrected chi connectivity index (χ1v) is 6.21. The zero-order valence-electron chi connectivity index (χ0n) is 9.84. The van der Waals surface area contributed by atoms with Crippen LogP contribution in [0.15, 0.2) is 23.1 Å². The molecule has 0 unspecified atom stereocenters. The fourth-order valence-corrected chi connectivity index (χ4v) is 1.90. The Bertz CT molecular complexity index is 505. The van der Waals surface area contributed by atoms with Gasteiger partial charge in [0.05, 0.1) is 0 Å². The van der Waals surface area contributed by atoms with Crippen LogP contribution in [0.1, 0.15) is 5.56 Å².